The van der Waals surface area contributed by atoms with Crippen molar-refractivity contribution in [1.82, 2.24) is 9.47 Å². The van der Waals surface area contributed by atoms with Crippen LogP contribution in [0.3, 0.4) is 0 Å². The molecule has 2 aromatic carbocycles. The molecule has 1 aliphatic heterocycles. The van der Waals surface area contributed by atoms with Crippen LogP contribution >= 0.6 is 0 Å². The number of benzene rings is 2. The number of amides is 4. The Bertz CT molecular complexity index is 1180. The molecule has 158 valence electrons. The maximum Gasteiger partial charge on any atom is 0.338 e. The fraction of sp³-hybridized carbons (Fsp3) is 0.208. The summed E-state index contributed by atoms with van der Waals surface area (Å²) in [5, 5.41) is 0.934. The molecule has 7 heteroatoms. The molecule has 31 heavy (non-hydrogen) atoms. The summed E-state index contributed by atoms with van der Waals surface area (Å²) >= 11 is 0. The van der Waals surface area contributed by atoms with E-state index in [9.17, 15) is 14.4 Å². The third-order valence-electron chi connectivity index (χ3n) is 5.32. The predicted octanol–water partition coefficient (Wildman–Crippen LogP) is 3.69. The highest BCUT2D eigenvalue weighted by molar-refractivity contribution is 6.39. The summed E-state index contributed by atoms with van der Waals surface area (Å²) in [4.78, 5) is 41.6. The number of aromatic nitrogens is 1. The second kappa shape index (κ2) is 8.57. The van der Waals surface area contributed by atoms with Crippen molar-refractivity contribution >= 4 is 40.5 Å². The van der Waals surface area contributed by atoms with Crippen LogP contribution in [0.2, 0.25) is 0 Å². The number of barbiturate groups is 1. The summed E-state index contributed by atoms with van der Waals surface area (Å²) in [6.07, 6.45) is 3.50. The number of fused-ring (bicyclic) bond motifs is 1. The van der Waals surface area contributed by atoms with Gasteiger partial charge in [0.15, 0.2) is 0 Å². The van der Waals surface area contributed by atoms with Crippen molar-refractivity contribution in [1.29, 1.82) is 0 Å². The van der Waals surface area contributed by atoms with E-state index in [1.54, 1.807) is 36.4 Å². The van der Waals surface area contributed by atoms with Crippen LogP contribution in [-0.2, 0) is 20.9 Å². The van der Waals surface area contributed by atoms with Crippen molar-refractivity contribution in [2.75, 3.05) is 25.2 Å². The first-order chi connectivity index (χ1) is 15.1. The fourth-order valence-corrected chi connectivity index (χ4v) is 3.77. The zero-order valence-corrected chi connectivity index (χ0v) is 17.4. The molecule has 7 nitrogen and oxygen atoms in total. The van der Waals surface area contributed by atoms with Crippen molar-refractivity contribution in [3.63, 3.8) is 0 Å². The van der Waals surface area contributed by atoms with Gasteiger partial charge in [-0.1, -0.05) is 36.4 Å². The lowest BCUT2D eigenvalue weighted by Gasteiger charge is -2.33. The number of carbonyl (C=O) groups excluding carboxylic acids is 3. The molecular formula is C24H23N3O4. The van der Waals surface area contributed by atoms with Gasteiger partial charge in [0.05, 0.1) is 18.8 Å². The Morgan fingerprint density at radius 3 is 2.35 bits per heavy atom. The second-order valence-electron chi connectivity index (χ2n) is 7.15. The summed E-state index contributed by atoms with van der Waals surface area (Å²) in [6, 6.07) is 15.8. The molecule has 0 aliphatic carbocycles. The van der Waals surface area contributed by atoms with Crippen LogP contribution in [0.5, 0.6) is 0 Å². The number of hydrogen-bond acceptors (Lipinski definition) is 4. The van der Waals surface area contributed by atoms with Crippen molar-refractivity contribution in [2.24, 2.45) is 0 Å². The Labute approximate surface area is 180 Å². The number of carbonyl (C=O) groups is 3. The fourth-order valence-electron chi connectivity index (χ4n) is 3.77. The molecule has 1 fully saturated rings. The van der Waals surface area contributed by atoms with Gasteiger partial charge >= 0.3 is 6.03 Å². The van der Waals surface area contributed by atoms with Gasteiger partial charge in [0.2, 0.25) is 0 Å². The number of para-hydroxylation sites is 2. The molecular weight excluding hydrogens is 394 g/mol. The molecule has 4 amide bonds. The van der Waals surface area contributed by atoms with Crippen molar-refractivity contribution < 1.29 is 19.1 Å². The third kappa shape index (κ3) is 3.64. The molecule has 0 saturated carbocycles. The van der Waals surface area contributed by atoms with Gasteiger partial charge in [0, 0.05) is 36.3 Å². The number of nitrogens with zero attached hydrogens (tertiary/aromatic N) is 3. The van der Waals surface area contributed by atoms with Crippen LogP contribution in [0.4, 0.5) is 10.5 Å². The molecule has 2 heterocycles. The maximum atomic E-state index is 13.3. The molecule has 0 radical (unpaired) electrons. The lowest BCUT2D eigenvalue weighted by Crippen LogP contribution is -2.57. The molecule has 4 rings (SSSR count). The quantitative estimate of drug-likeness (QED) is 0.453. The van der Waals surface area contributed by atoms with Crippen molar-refractivity contribution in [2.45, 2.75) is 13.5 Å². The van der Waals surface area contributed by atoms with E-state index in [0.29, 0.717) is 5.69 Å². The van der Waals surface area contributed by atoms with Crippen LogP contribution in [0.15, 0.2) is 66.4 Å². The van der Waals surface area contributed by atoms with Gasteiger partial charge in [-0.25, -0.2) is 9.69 Å². The smallest absolute Gasteiger partial charge is 0.338 e. The Kier molecular flexibility index (Phi) is 5.68. The van der Waals surface area contributed by atoms with Crippen LogP contribution < -0.4 is 4.90 Å². The number of methoxy groups -OCH3 is 1. The van der Waals surface area contributed by atoms with E-state index in [4.69, 9.17) is 4.74 Å². The number of rotatable bonds is 6. The maximum absolute atomic E-state index is 13.3. The van der Waals surface area contributed by atoms with E-state index in [2.05, 4.69) is 4.57 Å². The van der Waals surface area contributed by atoms with Crippen LogP contribution in [0.25, 0.3) is 17.0 Å². The molecule has 0 bridgehead atoms. The Morgan fingerprint density at radius 1 is 0.935 bits per heavy atom. The first-order valence-corrected chi connectivity index (χ1v) is 10.1. The molecule has 0 spiro atoms. The molecule has 0 unspecified atom stereocenters. The highest BCUT2D eigenvalue weighted by atomic mass is 16.5. The number of imide groups is 2. The van der Waals surface area contributed by atoms with E-state index in [-0.39, 0.29) is 18.7 Å². The monoisotopic (exact) mass is 417 g/mol. The summed E-state index contributed by atoms with van der Waals surface area (Å²) < 4.78 is 7.12. The minimum Gasteiger partial charge on any atom is -0.383 e. The van der Waals surface area contributed by atoms with Gasteiger partial charge in [-0.05, 0) is 31.2 Å². The average Bonchev–Trinajstić information content (AvgIpc) is 3.15. The minimum atomic E-state index is -0.675. The molecule has 0 N–H and O–H groups in total. The van der Waals surface area contributed by atoms with Crippen LogP contribution in [0, 0.1) is 0 Å². The lowest BCUT2D eigenvalue weighted by molar-refractivity contribution is -0.129. The van der Waals surface area contributed by atoms with Gasteiger partial charge in [-0.3, -0.25) is 14.5 Å². The van der Waals surface area contributed by atoms with Gasteiger partial charge in [-0.15, -0.1) is 0 Å². The van der Waals surface area contributed by atoms with Gasteiger partial charge in [0.25, 0.3) is 11.8 Å². The summed E-state index contributed by atoms with van der Waals surface area (Å²) in [5.41, 5.74) is 2.12. The average molecular weight is 417 g/mol. The Morgan fingerprint density at radius 2 is 1.65 bits per heavy atom. The zero-order chi connectivity index (χ0) is 22.0. The minimum absolute atomic E-state index is 0.0544. The molecule has 1 aliphatic rings. The molecule has 1 aromatic heterocycles. The van der Waals surface area contributed by atoms with Gasteiger partial charge < -0.3 is 9.30 Å². The highest BCUT2D eigenvalue weighted by Crippen LogP contribution is 2.28. The molecule has 0 atom stereocenters. The number of urea groups is 1. The first-order valence-electron chi connectivity index (χ1n) is 10.1. The lowest BCUT2D eigenvalue weighted by atomic mass is 10.0. The number of aryl methyl sites for hydroxylation is 1. The predicted molar refractivity (Wildman–Crippen MR) is 119 cm³/mol. The van der Waals surface area contributed by atoms with Crippen LogP contribution in [-0.4, -0.2) is 47.6 Å². The third-order valence-corrected chi connectivity index (χ3v) is 5.32. The second-order valence-corrected chi connectivity index (χ2v) is 7.15. The molecule has 3 aromatic rings. The number of anilines is 1. The van der Waals surface area contributed by atoms with Crippen molar-refractivity contribution in [3.05, 3.63) is 71.9 Å². The normalized spacial score (nSPS) is 16.1. The first kappa shape index (κ1) is 20.6. The Hall–Kier alpha value is -3.71. The van der Waals surface area contributed by atoms with Gasteiger partial charge in [-0.2, -0.15) is 0 Å². The van der Waals surface area contributed by atoms with E-state index in [1.807, 2.05) is 37.4 Å². The standard InChI is InChI=1S/C24H23N3O4/c1-3-25-16-17(19-11-7-8-12-21(19)25)15-20-22(28)26(13-14-31-2)24(30)27(23(20)29)18-9-5-4-6-10-18/h4-12,15-16H,3,13-14H2,1-2H3/b20-15+. The Balaban J connectivity index is 1.85. The largest absolute Gasteiger partial charge is 0.383 e. The summed E-state index contributed by atoms with van der Waals surface area (Å²) in [5.74, 6) is -1.25. The van der Waals surface area contributed by atoms with E-state index >= 15 is 0 Å². The molecule has 1 saturated heterocycles. The number of ether oxygens (including phenoxy) is 1. The van der Waals surface area contributed by atoms with E-state index < -0.39 is 17.8 Å². The SMILES string of the molecule is CCn1cc(/C=C2\C(=O)N(CCOC)C(=O)N(c3ccccc3)C2=O)c2ccccc21. The number of hydrogen-bond donors (Lipinski definition) is 0. The summed E-state index contributed by atoms with van der Waals surface area (Å²) in [6.45, 7) is 3.01. The summed E-state index contributed by atoms with van der Waals surface area (Å²) in [7, 11) is 1.50. The van der Waals surface area contributed by atoms with Gasteiger partial charge in [0.1, 0.15) is 5.57 Å². The van der Waals surface area contributed by atoms with Crippen LogP contribution in [0.1, 0.15) is 12.5 Å². The zero-order valence-electron chi connectivity index (χ0n) is 17.4. The highest BCUT2D eigenvalue weighted by Gasteiger charge is 2.42. The van der Waals surface area contributed by atoms with E-state index in [1.165, 1.54) is 7.11 Å². The van der Waals surface area contributed by atoms with E-state index in [0.717, 1.165) is 32.8 Å². The topological polar surface area (TPSA) is 71.8 Å². The van der Waals surface area contributed by atoms with Crippen molar-refractivity contribution in [3.8, 4) is 0 Å².